The predicted molar refractivity (Wildman–Crippen MR) is 81.6 cm³/mol. The number of benzene rings is 1. The highest BCUT2D eigenvalue weighted by atomic mass is 32.2. The average Bonchev–Trinajstić information content (AvgIpc) is 2.46. The van der Waals surface area contributed by atoms with E-state index in [2.05, 4.69) is 29.7 Å². The number of nitrogens with one attached hydrogen (secondary N) is 2. The van der Waals surface area contributed by atoms with Crippen molar-refractivity contribution in [2.24, 2.45) is 0 Å². The zero-order valence-corrected chi connectivity index (χ0v) is 12.3. The summed E-state index contributed by atoms with van der Waals surface area (Å²) >= 11 is 1.90. The van der Waals surface area contributed by atoms with Gasteiger partial charge in [-0.2, -0.15) is 11.8 Å². The van der Waals surface area contributed by atoms with Gasteiger partial charge in [0.1, 0.15) is 0 Å². The molecule has 0 spiro atoms. The van der Waals surface area contributed by atoms with E-state index in [0.717, 1.165) is 43.0 Å². The summed E-state index contributed by atoms with van der Waals surface area (Å²) in [5.74, 6) is 2.19. The molecular formula is C15H22N2OS. The van der Waals surface area contributed by atoms with Crippen molar-refractivity contribution < 1.29 is 4.79 Å². The summed E-state index contributed by atoms with van der Waals surface area (Å²) in [5, 5.41) is 6.40. The molecule has 1 aliphatic heterocycles. The lowest BCUT2D eigenvalue weighted by Crippen LogP contribution is -2.45. The minimum absolute atomic E-state index is 0.0448. The molecule has 1 atom stereocenters. The van der Waals surface area contributed by atoms with Crippen LogP contribution in [0.15, 0.2) is 24.3 Å². The number of piperidine rings is 1. The lowest BCUT2D eigenvalue weighted by Gasteiger charge is -2.23. The fourth-order valence-electron chi connectivity index (χ4n) is 2.22. The molecule has 0 unspecified atom stereocenters. The van der Waals surface area contributed by atoms with Crippen LogP contribution in [-0.4, -0.2) is 30.8 Å². The number of hydrogen-bond acceptors (Lipinski definition) is 3. The van der Waals surface area contributed by atoms with Gasteiger partial charge < -0.3 is 10.6 Å². The van der Waals surface area contributed by atoms with Crippen molar-refractivity contribution in [3.05, 3.63) is 35.4 Å². The van der Waals surface area contributed by atoms with E-state index in [1.165, 1.54) is 5.56 Å². The average molecular weight is 278 g/mol. The van der Waals surface area contributed by atoms with E-state index in [1.54, 1.807) is 0 Å². The fourth-order valence-corrected chi connectivity index (χ4v) is 2.85. The lowest BCUT2D eigenvalue weighted by atomic mass is 10.1. The van der Waals surface area contributed by atoms with E-state index in [1.807, 2.05) is 23.9 Å². The van der Waals surface area contributed by atoms with Crippen molar-refractivity contribution in [3.63, 3.8) is 0 Å². The van der Waals surface area contributed by atoms with Crippen LogP contribution < -0.4 is 10.6 Å². The van der Waals surface area contributed by atoms with Gasteiger partial charge in [-0.25, -0.2) is 0 Å². The summed E-state index contributed by atoms with van der Waals surface area (Å²) in [5.41, 5.74) is 2.04. The highest BCUT2D eigenvalue weighted by Gasteiger charge is 2.16. The number of carbonyl (C=O) groups excluding carboxylic acids is 1. The van der Waals surface area contributed by atoms with Gasteiger partial charge in [-0.3, -0.25) is 4.79 Å². The third kappa shape index (κ3) is 4.55. The minimum atomic E-state index is 0.0448. The van der Waals surface area contributed by atoms with E-state index in [9.17, 15) is 4.79 Å². The van der Waals surface area contributed by atoms with Crippen molar-refractivity contribution >= 4 is 17.7 Å². The zero-order chi connectivity index (χ0) is 13.5. The summed E-state index contributed by atoms with van der Waals surface area (Å²) in [7, 11) is 0. The monoisotopic (exact) mass is 278 g/mol. The highest BCUT2D eigenvalue weighted by Crippen LogP contribution is 2.13. The minimum Gasteiger partial charge on any atom is -0.348 e. The van der Waals surface area contributed by atoms with Gasteiger partial charge in [0.25, 0.3) is 5.91 Å². The van der Waals surface area contributed by atoms with Crippen LogP contribution in [0.25, 0.3) is 0 Å². The fraction of sp³-hybridized carbons (Fsp3) is 0.533. The maximum atomic E-state index is 12.1. The van der Waals surface area contributed by atoms with E-state index in [-0.39, 0.29) is 11.9 Å². The van der Waals surface area contributed by atoms with Crippen molar-refractivity contribution in [2.45, 2.75) is 31.6 Å². The SMILES string of the molecule is CCSCc1ccc(C(=O)N[C@H]2CCCNC2)cc1. The molecular weight excluding hydrogens is 256 g/mol. The van der Waals surface area contributed by atoms with Crippen LogP contribution in [-0.2, 0) is 5.75 Å². The van der Waals surface area contributed by atoms with Gasteiger partial charge in [-0.05, 0) is 42.8 Å². The van der Waals surface area contributed by atoms with Crippen LogP contribution in [0, 0.1) is 0 Å². The van der Waals surface area contributed by atoms with Crippen molar-refractivity contribution in [2.75, 3.05) is 18.8 Å². The van der Waals surface area contributed by atoms with Crippen molar-refractivity contribution in [3.8, 4) is 0 Å². The van der Waals surface area contributed by atoms with Crippen molar-refractivity contribution in [1.29, 1.82) is 0 Å². The first-order valence-electron chi connectivity index (χ1n) is 6.98. The molecule has 0 bridgehead atoms. The van der Waals surface area contributed by atoms with Gasteiger partial charge >= 0.3 is 0 Å². The standard InChI is InChI=1S/C15H22N2OS/c1-2-19-11-12-5-7-13(8-6-12)15(18)17-14-4-3-9-16-10-14/h5-8,14,16H,2-4,9-11H2,1H3,(H,17,18)/t14-/m0/s1. The van der Waals surface area contributed by atoms with Crippen LogP contribution in [0.4, 0.5) is 0 Å². The third-order valence-electron chi connectivity index (χ3n) is 3.32. The molecule has 2 N–H and O–H groups in total. The molecule has 0 radical (unpaired) electrons. The Kier molecular flexibility index (Phi) is 5.73. The Morgan fingerprint density at radius 1 is 1.42 bits per heavy atom. The smallest absolute Gasteiger partial charge is 0.251 e. The zero-order valence-electron chi connectivity index (χ0n) is 11.4. The molecule has 1 aliphatic rings. The summed E-state index contributed by atoms with van der Waals surface area (Å²) < 4.78 is 0. The number of thioether (sulfide) groups is 1. The Morgan fingerprint density at radius 3 is 2.84 bits per heavy atom. The summed E-state index contributed by atoms with van der Waals surface area (Å²) in [6, 6.07) is 8.23. The Balaban J connectivity index is 1.87. The third-order valence-corrected chi connectivity index (χ3v) is 4.27. The largest absolute Gasteiger partial charge is 0.348 e. The Hall–Kier alpha value is -1.00. The highest BCUT2D eigenvalue weighted by molar-refractivity contribution is 7.98. The maximum absolute atomic E-state index is 12.1. The Bertz CT molecular complexity index is 399. The topological polar surface area (TPSA) is 41.1 Å². The molecule has 2 rings (SSSR count). The molecule has 0 aliphatic carbocycles. The van der Waals surface area contributed by atoms with E-state index in [4.69, 9.17) is 0 Å². The number of rotatable bonds is 5. The van der Waals surface area contributed by atoms with Crippen LogP contribution in [0.3, 0.4) is 0 Å². The second-order valence-electron chi connectivity index (χ2n) is 4.85. The second-order valence-corrected chi connectivity index (χ2v) is 6.13. The van der Waals surface area contributed by atoms with Gasteiger partial charge in [-0.1, -0.05) is 19.1 Å². The first kappa shape index (κ1) is 14.4. The molecule has 19 heavy (non-hydrogen) atoms. The van der Waals surface area contributed by atoms with Gasteiger partial charge in [0.2, 0.25) is 0 Å². The molecule has 1 aromatic carbocycles. The summed E-state index contributed by atoms with van der Waals surface area (Å²) in [4.78, 5) is 12.1. The van der Waals surface area contributed by atoms with Gasteiger partial charge in [0.05, 0.1) is 0 Å². The molecule has 4 heteroatoms. The molecule has 0 aromatic heterocycles. The molecule has 1 heterocycles. The van der Waals surface area contributed by atoms with Crippen LogP contribution in [0.1, 0.15) is 35.7 Å². The molecule has 1 amide bonds. The molecule has 1 fully saturated rings. The van der Waals surface area contributed by atoms with E-state index < -0.39 is 0 Å². The Labute approximate surface area is 119 Å². The lowest BCUT2D eigenvalue weighted by molar-refractivity contribution is 0.0930. The number of carbonyl (C=O) groups is 1. The van der Waals surface area contributed by atoms with Gasteiger partial charge in [-0.15, -0.1) is 0 Å². The first-order valence-corrected chi connectivity index (χ1v) is 8.13. The number of amides is 1. The van der Waals surface area contributed by atoms with Crippen LogP contribution >= 0.6 is 11.8 Å². The van der Waals surface area contributed by atoms with Crippen LogP contribution in [0.2, 0.25) is 0 Å². The van der Waals surface area contributed by atoms with Crippen LogP contribution in [0.5, 0.6) is 0 Å². The molecule has 1 saturated heterocycles. The Morgan fingerprint density at radius 2 is 2.21 bits per heavy atom. The molecule has 0 saturated carbocycles. The summed E-state index contributed by atoms with van der Waals surface area (Å²) in [6.45, 7) is 4.11. The normalized spacial score (nSPS) is 19.1. The first-order chi connectivity index (χ1) is 9.29. The van der Waals surface area contributed by atoms with Crippen molar-refractivity contribution in [1.82, 2.24) is 10.6 Å². The quantitative estimate of drug-likeness (QED) is 0.869. The van der Waals surface area contributed by atoms with E-state index >= 15 is 0 Å². The van der Waals surface area contributed by atoms with Gasteiger partial charge in [0, 0.05) is 23.9 Å². The molecule has 1 aromatic rings. The number of hydrogen-bond donors (Lipinski definition) is 2. The second kappa shape index (κ2) is 7.56. The van der Waals surface area contributed by atoms with Gasteiger partial charge in [0.15, 0.2) is 0 Å². The molecule has 3 nitrogen and oxygen atoms in total. The molecule has 104 valence electrons. The predicted octanol–water partition coefficient (Wildman–Crippen LogP) is 2.42. The van der Waals surface area contributed by atoms with E-state index in [0.29, 0.717) is 0 Å². The maximum Gasteiger partial charge on any atom is 0.251 e. The summed E-state index contributed by atoms with van der Waals surface area (Å²) in [6.07, 6.45) is 2.21.